The van der Waals surface area contributed by atoms with Crippen LogP contribution < -0.4 is 5.32 Å². The summed E-state index contributed by atoms with van der Waals surface area (Å²) in [6.45, 7) is 1.22. The average Bonchev–Trinajstić information content (AvgIpc) is 2.18. The molecule has 5 heteroatoms. The van der Waals surface area contributed by atoms with Crippen LogP contribution in [0.3, 0.4) is 0 Å². The van der Waals surface area contributed by atoms with Gasteiger partial charge in [0.15, 0.2) is 0 Å². The predicted molar refractivity (Wildman–Crippen MR) is 32.6 cm³/mol. The molecule has 1 N–H and O–H groups in total. The van der Waals surface area contributed by atoms with Crippen molar-refractivity contribution in [1.82, 2.24) is 10.1 Å². The molecule has 1 radical (unpaired) electrons. The van der Waals surface area contributed by atoms with Gasteiger partial charge < -0.3 is 14.9 Å². The van der Waals surface area contributed by atoms with Crippen LogP contribution in [0.2, 0.25) is 0 Å². The van der Waals surface area contributed by atoms with Crippen molar-refractivity contribution < 1.29 is 9.59 Å². The molecule has 0 aromatic carbocycles. The zero-order valence-electron chi connectivity index (χ0n) is 4.83. The molecule has 1 rings (SSSR count). The van der Waals surface area contributed by atoms with E-state index in [0.29, 0.717) is 19.3 Å². The Kier molecular flexibility index (Phi) is 1.72. The molecular formula is C4H6BN2O2. The van der Waals surface area contributed by atoms with Gasteiger partial charge in [-0.1, -0.05) is 0 Å². The van der Waals surface area contributed by atoms with E-state index in [2.05, 4.69) is 5.32 Å². The zero-order chi connectivity index (χ0) is 6.69. The lowest BCUT2D eigenvalue weighted by Gasteiger charge is -2.06. The van der Waals surface area contributed by atoms with Crippen LogP contribution in [0.5, 0.6) is 0 Å². The Bertz CT molecular complexity index is 139. The number of carbonyl (C=O) groups excluding carboxylic acids is 2. The SMILES string of the molecule is O=C[B]N1CCNC1=O. The molecule has 1 aliphatic rings. The molecule has 4 nitrogen and oxygen atoms in total. The molecular weight excluding hydrogens is 119 g/mol. The minimum atomic E-state index is -0.192. The molecule has 0 bridgehead atoms. The average molecular weight is 125 g/mol. The molecule has 0 atom stereocenters. The second kappa shape index (κ2) is 2.52. The maximum Gasteiger partial charge on any atom is 0.332 e. The first-order valence-corrected chi connectivity index (χ1v) is 2.67. The Labute approximate surface area is 53.5 Å². The lowest BCUT2D eigenvalue weighted by Crippen LogP contribution is -2.32. The molecule has 1 fully saturated rings. The fraction of sp³-hybridized carbons (Fsp3) is 0.500. The van der Waals surface area contributed by atoms with E-state index in [4.69, 9.17) is 0 Å². The molecule has 9 heavy (non-hydrogen) atoms. The van der Waals surface area contributed by atoms with Crippen LogP contribution in [0.1, 0.15) is 0 Å². The molecule has 0 aromatic heterocycles. The highest BCUT2D eigenvalue weighted by Crippen LogP contribution is 1.90. The largest absolute Gasteiger partial charge is 0.363 e. The fourth-order valence-electron chi connectivity index (χ4n) is 0.702. The van der Waals surface area contributed by atoms with Crippen molar-refractivity contribution in [3.63, 3.8) is 0 Å². The second-order valence-electron chi connectivity index (χ2n) is 1.71. The second-order valence-corrected chi connectivity index (χ2v) is 1.71. The van der Waals surface area contributed by atoms with Gasteiger partial charge in [-0.25, -0.2) is 0 Å². The first kappa shape index (κ1) is 6.13. The molecule has 0 aliphatic carbocycles. The molecule has 47 valence electrons. The summed E-state index contributed by atoms with van der Waals surface area (Å²) in [6, 6.07) is -0.192. The van der Waals surface area contributed by atoms with E-state index >= 15 is 0 Å². The Balaban J connectivity index is 2.39. The van der Waals surface area contributed by atoms with Crippen LogP contribution in [-0.4, -0.2) is 37.5 Å². The van der Waals surface area contributed by atoms with Gasteiger partial charge in [-0.05, 0) is 0 Å². The third-order valence-electron chi connectivity index (χ3n) is 1.13. The van der Waals surface area contributed by atoms with Crippen molar-refractivity contribution in [1.29, 1.82) is 0 Å². The number of hydrogen-bond acceptors (Lipinski definition) is 2. The number of hydrogen-bond donors (Lipinski definition) is 1. The maximum absolute atomic E-state index is 10.6. The number of carbonyl (C=O) groups is 2. The summed E-state index contributed by atoms with van der Waals surface area (Å²) >= 11 is 0. The number of amides is 2. The third-order valence-corrected chi connectivity index (χ3v) is 1.13. The van der Waals surface area contributed by atoms with Gasteiger partial charge in [0, 0.05) is 13.1 Å². The summed E-state index contributed by atoms with van der Waals surface area (Å²) in [4.78, 5) is 21.8. The van der Waals surface area contributed by atoms with Crippen LogP contribution in [-0.2, 0) is 4.79 Å². The van der Waals surface area contributed by atoms with E-state index < -0.39 is 0 Å². The summed E-state index contributed by atoms with van der Waals surface area (Å²) in [5, 5.41) is 2.55. The Morgan fingerprint density at radius 1 is 1.78 bits per heavy atom. The topological polar surface area (TPSA) is 49.4 Å². The standard InChI is InChI=1S/C4H6BN2O2/c8-3-5-7-2-1-6-4(7)9/h3H,1-2H2,(H,6,9). The number of urea groups is 1. The van der Waals surface area contributed by atoms with Crippen LogP contribution >= 0.6 is 0 Å². The van der Waals surface area contributed by atoms with E-state index in [1.807, 2.05) is 0 Å². The predicted octanol–water partition coefficient (Wildman–Crippen LogP) is -1.18. The zero-order valence-corrected chi connectivity index (χ0v) is 4.83. The lowest BCUT2D eigenvalue weighted by atomic mass is 9.96. The highest BCUT2D eigenvalue weighted by Gasteiger charge is 2.18. The van der Waals surface area contributed by atoms with Crippen LogP contribution in [0.25, 0.3) is 0 Å². The van der Waals surface area contributed by atoms with Crippen molar-refractivity contribution in [2.45, 2.75) is 0 Å². The normalized spacial score (nSPS) is 17.3. The minimum Gasteiger partial charge on any atom is -0.363 e. The van der Waals surface area contributed by atoms with Gasteiger partial charge in [-0.3, -0.25) is 4.79 Å². The summed E-state index contributed by atoms with van der Waals surface area (Å²) in [7, 11) is 1.22. The van der Waals surface area contributed by atoms with Gasteiger partial charge in [-0.15, -0.1) is 0 Å². The molecule has 1 saturated heterocycles. The summed E-state index contributed by atoms with van der Waals surface area (Å²) in [6.07, 6.45) is 0.602. The highest BCUT2D eigenvalue weighted by atomic mass is 16.2. The van der Waals surface area contributed by atoms with Gasteiger partial charge >= 0.3 is 13.4 Å². The summed E-state index contributed by atoms with van der Waals surface area (Å²) in [5.41, 5.74) is 0. The van der Waals surface area contributed by atoms with Crippen LogP contribution in [0, 0.1) is 0 Å². The highest BCUT2D eigenvalue weighted by molar-refractivity contribution is 6.66. The molecule has 2 amide bonds. The lowest BCUT2D eigenvalue weighted by molar-refractivity contribution is 0.236. The number of nitrogens with one attached hydrogen (secondary N) is 1. The van der Waals surface area contributed by atoms with Crippen molar-refractivity contribution in [3.8, 4) is 0 Å². The van der Waals surface area contributed by atoms with E-state index in [-0.39, 0.29) is 6.03 Å². The van der Waals surface area contributed by atoms with Crippen LogP contribution in [0.15, 0.2) is 0 Å². The van der Waals surface area contributed by atoms with Gasteiger partial charge in [0.25, 0.3) is 0 Å². The van der Waals surface area contributed by atoms with Crippen molar-refractivity contribution in [3.05, 3.63) is 0 Å². The summed E-state index contributed by atoms with van der Waals surface area (Å²) in [5.74, 6) is 0. The van der Waals surface area contributed by atoms with Gasteiger partial charge in [0.2, 0.25) is 0 Å². The first-order valence-electron chi connectivity index (χ1n) is 2.67. The third kappa shape index (κ3) is 1.22. The van der Waals surface area contributed by atoms with Crippen molar-refractivity contribution >= 4 is 19.6 Å². The van der Waals surface area contributed by atoms with Gasteiger partial charge in [0.05, 0.1) is 0 Å². The van der Waals surface area contributed by atoms with E-state index in [0.717, 1.165) is 0 Å². The Morgan fingerprint density at radius 2 is 2.56 bits per heavy atom. The molecule has 0 spiro atoms. The van der Waals surface area contributed by atoms with Crippen LogP contribution in [0.4, 0.5) is 4.79 Å². The van der Waals surface area contributed by atoms with E-state index in [1.54, 1.807) is 0 Å². The number of rotatable bonds is 2. The van der Waals surface area contributed by atoms with Gasteiger partial charge in [-0.2, -0.15) is 0 Å². The molecule has 0 aromatic rings. The quantitative estimate of drug-likeness (QED) is 0.373. The minimum absolute atomic E-state index is 0.192. The first-order chi connectivity index (χ1) is 4.34. The maximum atomic E-state index is 10.6. The van der Waals surface area contributed by atoms with E-state index in [9.17, 15) is 9.59 Å². The molecule has 1 aliphatic heterocycles. The van der Waals surface area contributed by atoms with Crippen molar-refractivity contribution in [2.75, 3.05) is 13.1 Å². The molecule has 0 unspecified atom stereocenters. The molecule has 0 saturated carbocycles. The summed E-state index contributed by atoms with van der Waals surface area (Å²) < 4.78 is 0. The van der Waals surface area contributed by atoms with Gasteiger partial charge in [0.1, 0.15) is 6.19 Å². The fourth-order valence-corrected chi connectivity index (χ4v) is 0.702. The Hall–Kier alpha value is -0.995. The Morgan fingerprint density at radius 3 is 3.00 bits per heavy atom. The number of nitrogens with zero attached hydrogens (tertiary/aromatic N) is 1. The van der Waals surface area contributed by atoms with E-state index in [1.165, 1.54) is 12.2 Å². The molecule has 1 heterocycles. The van der Waals surface area contributed by atoms with Crippen molar-refractivity contribution in [2.24, 2.45) is 0 Å². The monoisotopic (exact) mass is 125 g/mol. The smallest absolute Gasteiger partial charge is 0.332 e.